The van der Waals surface area contributed by atoms with Gasteiger partial charge in [0.1, 0.15) is 5.78 Å². The Morgan fingerprint density at radius 3 is 2.23 bits per heavy atom. The highest BCUT2D eigenvalue weighted by Crippen LogP contribution is 2.43. The summed E-state index contributed by atoms with van der Waals surface area (Å²) < 4.78 is 0. The third kappa shape index (κ3) is 2.43. The molecule has 1 aliphatic carbocycles. The first kappa shape index (κ1) is 10.5. The smallest absolute Gasteiger partial charge is 0.133 e. The van der Waals surface area contributed by atoms with E-state index in [2.05, 4.69) is 20.4 Å². The molecule has 2 atom stereocenters. The van der Waals surface area contributed by atoms with Crippen LogP contribution in [0.4, 0.5) is 0 Å². The second kappa shape index (κ2) is 4.08. The minimum Gasteiger partial charge on any atom is -0.300 e. The minimum absolute atomic E-state index is 0.248. The van der Waals surface area contributed by atoms with Crippen LogP contribution in [-0.2, 0) is 4.79 Å². The molecule has 0 spiro atoms. The molecule has 0 heterocycles. The van der Waals surface area contributed by atoms with Crippen molar-refractivity contribution < 1.29 is 4.79 Å². The minimum atomic E-state index is 0.248. The summed E-state index contributed by atoms with van der Waals surface area (Å²) in [7, 11) is 0. The summed E-state index contributed by atoms with van der Waals surface area (Å²) in [6.45, 7) is 9.91. The lowest BCUT2D eigenvalue weighted by atomic mass is 9.78. The SMILES string of the molecule is C=CC(C(C)C)C(C(C)=O)C1CC1. The summed E-state index contributed by atoms with van der Waals surface area (Å²) >= 11 is 0. The number of ketones is 1. The van der Waals surface area contributed by atoms with Gasteiger partial charge in [0.05, 0.1) is 0 Å². The number of carbonyl (C=O) groups excluding carboxylic acids is 1. The number of Topliss-reactive ketones (excluding diaryl/α,β-unsaturated/α-hetero) is 1. The van der Waals surface area contributed by atoms with E-state index < -0.39 is 0 Å². The van der Waals surface area contributed by atoms with Crippen LogP contribution < -0.4 is 0 Å². The zero-order chi connectivity index (χ0) is 10.0. The molecule has 13 heavy (non-hydrogen) atoms. The summed E-state index contributed by atoms with van der Waals surface area (Å²) in [5.41, 5.74) is 0. The first-order valence-electron chi connectivity index (χ1n) is 5.21. The third-order valence-corrected chi connectivity index (χ3v) is 3.06. The van der Waals surface area contributed by atoms with Crippen molar-refractivity contribution in [3.8, 4) is 0 Å². The lowest BCUT2D eigenvalue weighted by Crippen LogP contribution is -2.26. The summed E-state index contributed by atoms with van der Waals surface area (Å²) in [4.78, 5) is 11.5. The summed E-state index contributed by atoms with van der Waals surface area (Å²) in [6, 6.07) is 0. The van der Waals surface area contributed by atoms with Crippen LogP contribution in [-0.4, -0.2) is 5.78 Å². The predicted octanol–water partition coefficient (Wildman–Crippen LogP) is 3.06. The molecule has 2 unspecified atom stereocenters. The molecule has 0 aliphatic heterocycles. The van der Waals surface area contributed by atoms with E-state index in [1.165, 1.54) is 12.8 Å². The molecule has 74 valence electrons. The van der Waals surface area contributed by atoms with Gasteiger partial charge in [0, 0.05) is 5.92 Å². The molecular weight excluding hydrogens is 160 g/mol. The van der Waals surface area contributed by atoms with Crippen LogP contribution >= 0.6 is 0 Å². The van der Waals surface area contributed by atoms with Gasteiger partial charge in [0.2, 0.25) is 0 Å². The topological polar surface area (TPSA) is 17.1 Å². The highest BCUT2D eigenvalue weighted by Gasteiger charge is 2.39. The van der Waals surface area contributed by atoms with Crippen molar-refractivity contribution >= 4 is 5.78 Å². The number of rotatable bonds is 5. The average Bonchev–Trinajstić information content (AvgIpc) is 2.80. The monoisotopic (exact) mass is 180 g/mol. The van der Waals surface area contributed by atoms with Crippen molar-refractivity contribution in [1.29, 1.82) is 0 Å². The molecule has 1 heteroatoms. The lowest BCUT2D eigenvalue weighted by Gasteiger charge is -2.25. The molecule has 0 bridgehead atoms. The molecule has 1 nitrogen and oxygen atoms in total. The number of hydrogen-bond donors (Lipinski definition) is 0. The Labute approximate surface area is 81.2 Å². The average molecular weight is 180 g/mol. The molecule has 1 fully saturated rings. The van der Waals surface area contributed by atoms with E-state index in [1.54, 1.807) is 6.92 Å². The number of hydrogen-bond acceptors (Lipinski definition) is 1. The van der Waals surface area contributed by atoms with E-state index in [1.807, 2.05) is 6.08 Å². The normalized spacial score (nSPS) is 21.2. The Hall–Kier alpha value is -0.590. The predicted molar refractivity (Wildman–Crippen MR) is 55.4 cm³/mol. The zero-order valence-corrected chi connectivity index (χ0v) is 8.92. The molecule has 0 radical (unpaired) electrons. The zero-order valence-electron chi connectivity index (χ0n) is 8.92. The fourth-order valence-corrected chi connectivity index (χ4v) is 2.21. The van der Waals surface area contributed by atoms with Gasteiger partial charge in [0.25, 0.3) is 0 Å². The van der Waals surface area contributed by atoms with Crippen LogP contribution in [0.3, 0.4) is 0 Å². The van der Waals surface area contributed by atoms with E-state index in [0.717, 1.165) is 0 Å². The lowest BCUT2D eigenvalue weighted by molar-refractivity contribution is -0.123. The molecule has 1 rings (SSSR count). The maximum atomic E-state index is 11.5. The molecule has 0 aromatic rings. The van der Waals surface area contributed by atoms with Gasteiger partial charge in [-0.1, -0.05) is 19.9 Å². The third-order valence-electron chi connectivity index (χ3n) is 3.06. The van der Waals surface area contributed by atoms with Crippen molar-refractivity contribution in [3.63, 3.8) is 0 Å². The van der Waals surface area contributed by atoms with Crippen LogP contribution in [0.5, 0.6) is 0 Å². The van der Waals surface area contributed by atoms with Gasteiger partial charge in [-0.3, -0.25) is 4.79 Å². The Balaban J connectivity index is 2.71. The Kier molecular flexibility index (Phi) is 3.29. The first-order valence-corrected chi connectivity index (χ1v) is 5.21. The van der Waals surface area contributed by atoms with Crippen molar-refractivity contribution in [2.24, 2.45) is 23.7 Å². The second-order valence-corrected chi connectivity index (χ2v) is 4.53. The molecule has 0 aromatic carbocycles. The van der Waals surface area contributed by atoms with Crippen LogP contribution in [0.15, 0.2) is 12.7 Å². The maximum absolute atomic E-state index is 11.5. The van der Waals surface area contributed by atoms with Crippen molar-refractivity contribution in [2.45, 2.75) is 33.6 Å². The fourth-order valence-electron chi connectivity index (χ4n) is 2.21. The highest BCUT2D eigenvalue weighted by atomic mass is 16.1. The van der Waals surface area contributed by atoms with E-state index in [4.69, 9.17) is 0 Å². The van der Waals surface area contributed by atoms with Crippen LogP contribution in [0.2, 0.25) is 0 Å². The van der Waals surface area contributed by atoms with Gasteiger partial charge in [-0.05, 0) is 37.5 Å². The Morgan fingerprint density at radius 1 is 1.46 bits per heavy atom. The summed E-state index contributed by atoms with van der Waals surface area (Å²) in [5, 5.41) is 0. The van der Waals surface area contributed by atoms with Gasteiger partial charge in [-0.15, -0.1) is 6.58 Å². The summed E-state index contributed by atoms with van der Waals surface area (Å²) in [6.07, 6.45) is 4.44. The number of carbonyl (C=O) groups is 1. The van der Waals surface area contributed by atoms with E-state index in [-0.39, 0.29) is 5.92 Å². The maximum Gasteiger partial charge on any atom is 0.133 e. The van der Waals surface area contributed by atoms with Gasteiger partial charge in [-0.2, -0.15) is 0 Å². The fraction of sp³-hybridized carbons (Fsp3) is 0.750. The molecule has 0 N–H and O–H groups in total. The Bertz CT molecular complexity index is 201. The van der Waals surface area contributed by atoms with Gasteiger partial charge in [0.15, 0.2) is 0 Å². The van der Waals surface area contributed by atoms with Crippen molar-refractivity contribution in [2.75, 3.05) is 0 Å². The Morgan fingerprint density at radius 2 is 2.00 bits per heavy atom. The van der Waals surface area contributed by atoms with Gasteiger partial charge >= 0.3 is 0 Å². The first-order chi connectivity index (χ1) is 6.07. The molecule has 0 amide bonds. The quantitative estimate of drug-likeness (QED) is 0.594. The second-order valence-electron chi connectivity index (χ2n) is 4.53. The molecule has 1 aliphatic rings. The van der Waals surface area contributed by atoms with E-state index in [0.29, 0.717) is 23.5 Å². The van der Waals surface area contributed by atoms with Crippen molar-refractivity contribution in [3.05, 3.63) is 12.7 Å². The van der Waals surface area contributed by atoms with Crippen LogP contribution in [0.1, 0.15) is 33.6 Å². The van der Waals surface area contributed by atoms with E-state index in [9.17, 15) is 4.79 Å². The van der Waals surface area contributed by atoms with Crippen LogP contribution in [0.25, 0.3) is 0 Å². The summed E-state index contributed by atoms with van der Waals surface area (Å²) in [5.74, 6) is 2.17. The molecule has 0 saturated heterocycles. The number of allylic oxidation sites excluding steroid dienone is 1. The van der Waals surface area contributed by atoms with Gasteiger partial charge < -0.3 is 0 Å². The molecular formula is C12H20O. The van der Waals surface area contributed by atoms with E-state index >= 15 is 0 Å². The van der Waals surface area contributed by atoms with Gasteiger partial charge in [-0.25, -0.2) is 0 Å². The standard InChI is InChI=1S/C12H20O/c1-5-11(8(2)3)12(9(4)13)10-6-7-10/h5,8,10-12H,1,6-7H2,2-4H3. The largest absolute Gasteiger partial charge is 0.300 e. The van der Waals surface area contributed by atoms with Crippen molar-refractivity contribution in [1.82, 2.24) is 0 Å². The molecule has 0 aromatic heterocycles. The van der Waals surface area contributed by atoms with Crippen LogP contribution in [0, 0.1) is 23.7 Å². The highest BCUT2D eigenvalue weighted by molar-refractivity contribution is 5.79. The molecule has 1 saturated carbocycles.